The molecule has 0 aromatic heterocycles. The first-order valence-corrected chi connectivity index (χ1v) is 15.9. The van der Waals surface area contributed by atoms with Gasteiger partial charge in [0, 0.05) is 12.3 Å². The number of fused-ring (bicyclic) bond motifs is 3. The Bertz CT molecular complexity index is 1320. The second-order valence-electron chi connectivity index (χ2n) is 11.2. The van der Waals surface area contributed by atoms with Gasteiger partial charge in [-0.3, -0.25) is 9.59 Å². The van der Waals surface area contributed by atoms with E-state index in [1.54, 1.807) is 11.8 Å². The Morgan fingerprint density at radius 2 is 1.40 bits per heavy atom. The highest BCUT2D eigenvalue weighted by atomic mass is 32.2. The van der Waals surface area contributed by atoms with Gasteiger partial charge in [0.1, 0.15) is 18.7 Å². The third-order valence-electron chi connectivity index (χ3n) is 7.55. The molecule has 3 aromatic rings. The molecule has 0 spiro atoms. The lowest BCUT2D eigenvalue weighted by molar-refractivity contribution is -0.148. The monoisotopic (exact) mass is 587 g/mol. The zero-order chi connectivity index (χ0) is 30.1. The van der Waals surface area contributed by atoms with Crippen molar-refractivity contribution >= 4 is 29.5 Å². The molecular formula is C34H41N3O4S. The quantitative estimate of drug-likeness (QED) is 0.236. The molecule has 8 heteroatoms. The van der Waals surface area contributed by atoms with E-state index in [1.165, 1.54) is 0 Å². The number of carbonyl (C=O) groups is 3. The molecule has 1 aliphatic carbocycles. The van der Waals surface area contributed by atoms with Crippen molar-refractivity contribution in [1.29, 1.82) is 0 Å². The summed E-state index contributed by atoms with van der Waals surface area (Å²) in [5.41, 5.74) is 11.5. The van der Waals surface area contributed by atoms with Crippen LogP contribution in [0.5, 0.6) is 0 Å². The van der Waals surface area contributed by atoms with Gasteiger partial charge in [0.25, 0.3) is 0 Å². The zero-order valence-corrected chi connectivity index (χ0v) is 25.4. The summed E-state index contributed by atoms with van der Waals surface area (Å²) in [6.07, 6.45) is 3.14. The fraction of sp³-hybridized carbons (Fsp3) is 0.382. The predicted octanol–water partition coefficient (Wildman–Crippen LogP) is 4.68. The van der Waals surface area contributed by atoms with Crippen LogP contribution in [0.4, 0.5) is 0 Å². The van der Waals surface area contributed by atoms with Crippen LogP contribution in [0.2, 0.25) is 0 Å². The SMILES string of the molecule is CSCC[C@@H](N)C(=O)N[C@@H](CC(C)C)C(=O)N[C@H](Cc1ccccc1)C(=O)OCC1c2ccccc2-c2ccccc21. The van der Waals surface area contributed by atoms with Gasteiger partial charge in [-0.25, -0.2) is 4.79 Å². The molecule has 0 radical (unpaired) electrons. The topological polar surface area (TPSA) is 111 Å². The fourth-order valence-corrected chi connectivity index (χ4v) is 5.87. The van der Waals surface area contributed by atoms with Gasteiger partial charge in [0.15, 0.2) is 0 Å². The number of hydrogen-bond donors (Lipinski definition) is 3. The second kappa shape index (κ2) is 15.0. The summed E-state index contributed by atoms with van der Waals surface area (Å²) in [5, 5.41) is 5.73. The van der Waals surface area contributed by atoms with E-state index in [0.29, 0.717) is 12.8 Å². The maximum absolute atomic E-state index is 13.6. The minimum absolute atomic E-state index is 0.0924. The standard InChI is InChI=1S/C34H41N3O4S/c1-22(2)19-30(36-32(38)29(35)17-18-42-3)33(39)37-31(20-23-11-5-4-6-12-23)34(40)41-21-28-26-15-9-7-13-24(26)25-14-8-10-16-27(25)28/h4-16,22,28-31H,17-21,35H2,1-3H3,(H,36,38)(H,37,39)/t29-,30+,31-/m1/s1. The minimum Gasteiger partial charge on any atom is -0.463 e. The summed E-state index contributed by atoms with van der Waals surface area (Å²) in [7, 11) is 0. The van der Waals surface area contributed by atoms with Gasteiger partial charge in [0.2, 0.25) is 11.8 Å². The van der Waals surface area contributed by atoms with E-state index in [1.807, 2.05) is 74.7 Å². The van der Waals surface area contributed by atoms with Crippen molar-refractivity contribution in [2.24, 2.45) is 11.7 Å². The molecule has 0 bridgehead atoms. The van der Waals surface area contributed by atoms with Crippen LogP contribution in [0.1, 0.15) is 49.3 Å². The van der Waals surface area contributed by atoms with Gasteiger partial charge >= 0.3 is 5.97 Å². The minimum atomic E-state index is -0.927. The molecule has 4 rings (SSSR count). The average Bonchev–Trinajstić information content (AvgIpc) is 3.31. The van der Waals surface area contributed by atoms with E-state index in [9.17, 15) is 14.4 Å². The highest BCUT2D eigenvalue weighted by molar-refractivity contribution is 7.98. The van der Waals surface area contributed by atoms with Gasteiger partial charge in [-0.15, -0.1) is 0 Å². The van der Waals surface area contributed by atoms with Crippen molar-refractivity contribution in [1.82, 2.24) is 10.6 Å². The van der Waals surface area contributed by atoms with Gasteiger partial charge < -0.3 is 21.1 Å². The van der Waals surface area contributed by atoms with Crippen molar-refractivity contribution in [3.8, 4) is 11.1 Å². The van der Waals surface area contributed by atoms with E-state index in [0.717, 1.165) is 33.6 Å². The maximum Gasteiger partial charge on any atom is 0.329 e. The summed E-state index contributed by atoms with van der Waals surface area (Å²) in [4.78, 5) is 40.0. The number of nitrogens with one attached hydrogen (secondary N) is 2. The Balaban J connectivity index is 1.50. The smallest absolute Gasteiger partial charge is 0.329 e. The Morgan fingerprint density at radius 3 is 2.00 bits per heavy atom. The molecular weight excluding hydrogens is 546 g/mol. The molecule has 222 valence electrons. The van der Waals surface area contributed by atoms with Crippen LogP contribution in [0.15, 0.2) is 78.9 Å². The van der Waals surface area contributed by atoms with E-state index < -0.39 is 30.0 Å². The van der Waals surface area contributed by atoms with Crippen LogP contribution >= 0.6 is 11.8 Å². The zero-order valence-electron chi connectivity index (χ0n) is 24.5. The number of hydrogen-bond acceptors (Lipinski definition) is 6. The van der Waals surface area contributed by atoms with Crippen LogP contribution in [0, 0.1) is 5.92 Å². The van der Waals surface area contributed by atoms with E-state index in [-0.39, 0.29) is 30.8 Å². The van der Waals surface area contributed by atoms with Crippen molar-refractivity contribution in [3.05, 3.63) is 95.6 Å². The molecule has 3 atom stereocenters. The van der Waals surface area contributed by atoms with Crippen LogP contribution < -0.4 is 16.4 Å². The second-order valence-corrected chi connectivity index (χ2v) is 12.2. The first-order chi connectivity index (χ1) is 20.3. The van der Waals surface area contributed by atoms with Crippen LogP contribution in [-0.4, -0.2) is 54.5 Å². The van der Waals surface area contributed by atoms with Crippen molar-refractivity contribution in [3.63, 3.8) is 0 Å². The number of ether oxygens (including phenoxy) is 1. The summed E-state index contributed by atoms with van der Waals surface area (Å²) < 4.78 is 5.94. The third-order valence-corrected chi connectivity index (χ3v) is 8.19. The molecule has 7 nitrogen and oxygen atoms in total. The number of carbonyl (C=O) groups excluding carboxylic acids is 3. The number of esters is 1. The van der Waals surface area contributed by atoms with E-state index in [2.05, 4.69) is 34.9 Å². The molecule has 0 saturated heterocycles. The average molecular weight is 588 g/mol. The lowest BCUT2D eigenvalue weighted by Gasteiger charge is -2.25. The highest BCUT2D eigenvalue weighted by Gasteiger charge is 2.32. The molecule has 3 aromatic carbocycles. The number of amides is 2. The Kier molecular flexibility index (Phi) is 11.2. The van der Waals surface area contributed by atoms with Gasteiger partial charge in [-0.05, 0) is 58.6 Å². The Hall–Kier alpha value is -3.62. The lowest BCUT2D eigenvalue weighted by atomic mass is 9.98. The Labute approximate surface area is 253 Å². The first kappa shape index (κ1) is 31.3. The number of thioether (sulfide) groups is 1. The van der Waals surface area contributed by atoms with Crippen molar-refractivity contribution < 1.29 is 19.1 Å². The van der Waals surface area contributed by atoms with Crippen LogP contribution in [0.3, 0.4) is 0 Å². The molecule has 0 saturated carbocycles. The number of rotatable bonds is 14. The summed E-state index contributed by atoms with van der Waals surface area (Å²) in [6.45, 7) is 4.12. The normalized spacial score (nSPS) is 14.4. The number of nitrogens with two attached hydrogens (primary N) is 1. The van der Waals surface area contributed by atoms with Crippen LogP contribution in [-0.2, 0) is 25.5 Å². The van der Waals surface area contributed by atoms with Crippen LogP contribution in [0.25, 0.3) is 11.1 Å². The largest absolute Gasteiger partial charge is 0.463 e. The Morgan fingerprint density at radius 1 is 0.833 bits per heavy atom. The molecule has 0 aliphatic heterocycles. The molecule has 42 heavy (non-hydrogen) atoms. The molecule has 1 aliphatic rings. The van der Waals surface area contributed by atoms with Gasteiger partial charge in [0.05, 0.1) is 6.04 Å². The van der Waals surface area contributed by atoms with Gasteiger partial charge in [-0.1, -0.05) is 92.7 Å². The molecule has 0 fully saturated rings. The lowest BCUT2D eigenvalue weighted by Crippen LogP contribution is -2.55. The summed E-state index contributed by atoms with van der Waals surface area (Å²) >= 11 is 1.61. The summed E-state index contributed by atoms with van der Waals surface area (Å²) in [6, 6.07) is 23.4. The number of benzene rings is 3. The molecule has 2 amide bonds. The van der Waals surface area contributed by atoms with Crippen molar-refractivity contribution in [2.75, 3.05) is 18.6 Å². The predicted molar refractivity (Wildman–Crippen MR) is 169 cm³/mol. The molecule has 0 heterocycles. The van der Waals surface area contributed by atoms with Crippen molar-refractivity contribution in [2.45, 2.75) is 57.2 Å². The van der Waals surface area contributed by atoms with E-state index >= 15 is 0 Å². The fourth-order valence-electron chi connectivity index (χ4n) is 5.38. The first-order valence-electron chi connectivity index (χ1n) is 14.5. The maximum atomic E-state index is 13.6. The molecule has 4 N–H and O–H groups in total. The third kappa shape index (κ3) is 8.01. The summed E-state index contributed by atoms with van der Waals surface area (Å²) in [5.74, 6) is -0.526. The highest BCUT2D eigenvalue weighted by Crippen LogP contribution is 2.44. The van der Waals surface area contributed by atoms with Gasteiger partial charge in [-0.2, -0.15) is 11.8 Å². The molecule has 0 unspecified atom stereocenters. The van der Waals surface area contributed by atoms with E-state index in [4.69, 9.17) is 10.5 Å².